The van der Waals surface area contributed by atoms with E-state index in [1.54, 1.807) is 13.2 Å². The smallest absolute Gasteiger partial charge is 0.264 e. The van der Waals surface area contributed by atoms with Gasteiger partial charge in [0.1, 0.15) is 10.8 Å². The summed E-state index contributed by atoms with van der Waals surface area (Å²) in [7, 11) is 1.70. The van der Waals surface area contributed by atoms with E-state index < -0.39 is 0 Å². The standard InChI is InChI=1S/C30H28N4O3S/c1-37-26-13-6-5-10-22(26)18-32-14-16-33(17-15-32)25-12-7-11-23-28(25)30(36)34(29(23)35)19-27-31-24(20-38-27)21-8-3-2-4-9-21/h2-13,20H,14-19H2,1H3. The van der Waals surface area contributed by atoms with Gasteiger partial charge in [0, 0.05) is 49.2 Å². The molecule has 0 radical (unpaired) electrons. The van der Waals surface area contributed by atoms with Gasteiger partial charge in [-0.1, -0.05) is 54.6 Å². The van der Waals surface area contributed by atoms with Crippen LogP contribution in [0, 0.1) is 0 Å². The quantitative estimate of drug-likeness (QED) is 0.319. The highest BCUT2D eigenvalue weighted by atomic mass is 32.1. The SMILES string of the molecule is COc1ccccc1CN1CCN(c2cccc3c2C(=O)N(Cc2nc(-c4ccccc4)cs2)C3=O)CC1. The minimum absolute atomic E-state index is 0.177. The highest BCUT2D eigenvalue weighted by molar-refractivity contribution is 7.10. The van der Waals surface area contributed by atoms with Gasteiger partial charge in [0.2, 0.25) is 0 Å². The second-order valence-corrected chi connectivity index (χ2v) is 10.4. The fraction of sp³-hybridized carbons (Fsp3) is 0.233. The zero-order valence-corrected chi connectivity index (χ0v) is 22.0. The van der Waals surface area contributed by atoms with Gasteiger partial charge in [-0.2, -0.15) is 0 Å². The van der Waals surface area contributed by atoms with E-state index in [9.17, 15) is 9.59 Å². The number of fused-ring (bicyclic) bond motifs is 1. The number of carbonyl (C=O) groups is 2. The molecule has 1 fully saturated rings. The van der Waals surface area contributed by atoms with Crippen molar-refractivity contribution in [2.75, 3.05) is 38.2 Å². The molecule has 2 aliphatic heterocycles. The zero-order valence-electron chi connectivity index (χ0n) is 21.2. The highest BCUT2D eigenvalue weighted by Crippen LogP contribution is 2.34. The Hall–Kier alpha value is -4.01. The predicted molar refractivity (Wildman–Crippen MR) is 149 cm³/mol. The Morgan fingerprint density at radius 2 is 1.61 bits per heavy atom. The van der Waals surface area contributed by atoms with Crippen molar-refractivity contribution in [1.29, 1.82) is 0 Å². The number of amides is 2. The molecule has 0 unspecified atom stereocenters. The van der Waals surface area contributed by atoms with Gasteiger partial charge >= 0.3 is 0 Å². The molecule has 3 aromatic carbocycles. The van der Waals surface area contributed by atoms with Crippen molar-refractivity contribution >= 4 is 28.8 Å². The van der Waals surface area contributed by atoms with Crippen LogP contribution in [0.2, 0.25) is 0 Å². The first-order chi connectivity index (χ1) is 18.6. The van der Waals surface area contributed by atoms with Crippen molar-refractivity contribution in [3.8, 4) is 17.0 Å². The predicted octanol–water partition coefficient (Wildman–Crippen LogP) is 4.94. The molecule has 2 aliphatic rings. The maximum Gasteiger partial charge on any atom is 0.264 e. The van der Waals surface area contributed by atoms with Crippen LogP contribution >= 0.6 is 11.3 Å². The van der Waals surface area contributed by atoms with Crippen molar-refractivity contribution in [2.45, 2.75) is 13.1 Å². The van der Waals surface area contributed by atoms with E-state index in [1.165, 1.54) is 16.2 Å². The van der Waals surface area contributed by atoms with Crippen molar-refractivity contribution in [3.05, 3.63) is 99.9 Å². The van der Waals surface area contributed by atoms with E-state index in [2.05, 4.69) is 15.9 Å². The molecule has 0 aliphatic carbocycles. The topological polar surface area (TPSA) is 66.0 Å². The van der Waals surface area contributed by atoms with Crippen LogP contribution in [0.25, 0.3) is 11.3 Å². The van der Waals surface area contributed by atoms with Crippen molar-refractivity contribution in [1.82, 2.24) is 14.8 Å². The van der Waals surface area contributed by atoms with E-state index in [4.69, 9.17) is 9.72 Å². The molecule has 0 bridgehead atoms. The molecule has 7 nitrogen and oxygen atoms in total. The fourth-order valence-corrected chi connectivity index (χ4v) is 6.00. The molecule has 38 heavy (non-hydrogen) atoms. The average molecular weight is 525 g/mol. The Morgan fingerprint density at radius 1 is 0.842 bits per heavy atom. The summed E-state index contributed by atoms with van der Waals surface area (Å²) in [5, 5.41) is 2.71. The maximum atomic E-state index is 13.6. The van der Waals surface area contributed by atoms with Gasteiger partial charge in [-0.25, -0.2) is 4.98 Å². The van der Waals surface area contributed by atoms with Gasteiger partial charge in [0.25, 0.3) is 11.8 Å². The van der Waals surface area contributed by atoms with Gasteiger partial charge in [-0.15, -0.1) is 11.3 Å². The molecule has 192 valence electrons. The number of hydrogen-bond acceptors (Lipinski definition) is 7. The van der Waals surface area contributed by atoms with Crippen molar-refractivity contribution < 1.29 is 14.3 Å². The third-order valence-corrected chi connectivity index (χ3v) is 8.02. The summed E-state index contributed by atoms with van der Waals surface area (Å²) in [4.78, 5) is 37.5. The van der Waals surface area contributed by atoms with Crippen molar-refractivity contribution in [3.63, 3.8) is 0 Å². The van der Waals surface area contributed by atoms with E-state index >= 15 is 0 Å². The molecule has 0 N–H and O–H groups in total. The summed E-state index contributed by atoms with van der Waals surface area (Å²) in [6.07, 6.45) is 0. The summed E-state index contributed by atoms with van der Waals surface area (Å²) >= 11 is 1.47. The van der Waals surface area contributed by atoms with Crippen LogP contribution in [-0.2, 0) is 13.1 Å². The minimum Gasteiger partial charge on any atom is -0.496 e. The number of methoxy groups -OCH3 is 1. The molecular weight excluding hydrogens is 496 g/mol. The number of anilines is 1. The van der Waals surface area contributed by atoms with Gasteiger partial charge in [-0.3, -0.25) is 19.4 Å². The summed E-state index contributed by atoms with van der Waals surface area (Å²) in [5.41, 5.74) is 4.86. The molecule has 1 aromatic heterocycles. The third kappa shape index (κ3) is 4.57. The lowest BCUT2D eigenvalue weighted by Gasteiger charge is -2.36. The lowest BCUT2D eigenvalue weighted by Crippen LogP contribution is -2.46. The number of hydrogen-bond donors (Lipinski definition) is 0. The summed E-state index contributed by atoms with van der Waals surface area (Å²) in [6, 6.07) is 23.6. The van der Waals surface area contributed by atoms with Crippen LogP contribution in [0.1, 0.15) is 31.3 Å². The van der Waals surface area contributed by atoms with Gasteiger partial charge in [0.05, 0.1) is 36.2 Å². The number of ether oxygens (including phenoxy) is 1. The van der Waals surface area contributed by atoms with Crippen LogP contribution in [-0.4, -0.2) is 59.9 Å². The number of nitrogens with zero attached hydrogens (tertiary/aromatic N) is 4. The van der Waals surface area contributed by atoms with E-state index in [-0.39, 0.29) is 18.4 Å². The second kappa shape index (κ2) is 10.4. The Labute approximate surface area is 225 Å². The average Bonchev–Trinajstić information content (AvgIpc) is 3.53. The maximum absolute atomic E-state index is 13.6. The summed E-state index contributed by atoms with van der Waals surface area (Å²) in [6.45, 7) is 4.26. The first-order valence-corrected chi connectivity index (χ1v) is 13.6. The molecule has 0 saturated carbocycles. The largest absolute Gasteiger partial charge is 0.496 e. The van der Waals surface area contributed by atoms with E-state index in [1.807, 2.05) is 66.0 Å². The minimum atomic E-state index is -0.252. The van der Waals surface area contributed by atoms with Gasteiger partial charge in [0.15, 0.2) is 0 Å². The molecule has 2 amide bonds. The molecule has 1 saturated heterocycles. The number of carbonyl (C=O) groups excluding carboxylic acids is 2. The van der Waals surface area contributed by atoms with Crippen molar-refractivity contribution in [2.24, 2.45) is 0 Å². The number of imide groups is 1. The molecule has 4 aromatic rings. The second-order valence-electron chi connectivity index (χ2n) is 9.46. The van der Waals surface area contributed by atoms with Crippen LogP contribution in [0.4, 0.5) is 5.69 Å². The molecule has 0 atom stereocenters. The summed E-state index contributed by atoms with van der Waals surface area (Å²) in [5.74, 6) is 0.405. The number of rotatable bonds is 7. The molecule has 6 rings (SSSR count). The third-order valence-electron chi connectivity index (χ3n) is 7.19. The molecule has 0 spiro atoms. The first-order valence-electron chi connectivity index (χ1n) is 12.7. The van der Waals surface area contributed by atoms with E-state index in [0.29, 0.717) is 11.1 Å². The first kappa shape index (κ1) is 24.3. The fourth-order valence-electron chi connectivity index (χ4n) is 5.20. The number of para-hydroxylation sites is 1. The number of aromatic nitrogens is 1. The Balaban J connectivity index is 1.16. The zero-order chi connectivity index (χ0) is 26.1. The van der Waals surface area contributed by atoms with E-state index in [0.717, 1.165) is 66.0 Å². The normalized spacial score (nSPS) is 15.7. The highest BCUT2D eigenvalue weighted by Gasteiger charge is 2.39. The van der Waals surface area contributed by atoms with Crippen LogP contribution in [0.3, 0.4) is 0 Å². The number of piperazine rings is 1. The van der Waals surface area contributed by atoms with Crippen LogP contribution < -0.4 is 9.64 Å². The lowest BCUT2D eigenvalue weighted by atomic mass is 10.1. The monoisotopic (exact) mass is 524 g/mol. The molecular formula is C30H28N4O3S. The van der Waals surface area contributed by atoms with Gasteiger partial charge < -0.3 is 9.64 Å². The lowest BCUT2D eigenvalue weighted by molar-refractivity contribution is 0.0642. The molecule has 3 heterocycles. The van der Waals surface area contributed by atoms with Gasteiger partial charge in [-0.05, 0) is 18.2 Å². The number of benzene rings is 3. The van der Waals surface area contributed by atoms with Crippen LogP contribution in [0.5, 0.6) is 5.75 Å². The number of thiazole rings is 1. The summed E-state index contributed by atoms with van der Waals surface area (Å²) < 4.78 is 5.51. The Morgan fingerprint density at radius 3 is 2.39 bits per heavy atom. The Bertz CT molecular complexity index is 1480. The van der Waals surface area contributed by atoms with Crippen LogP contribution in [0.15, 0.2) is 78.2 Å². The molecule has 8 heteroatoms. The Kier molecular flexibility index (Phi) is 6.66.